The lowest BCUT2D eigenvalue weighted by molar-refractivity contribution is 0.0949. The van der Waals surface area contributed by atoms with E-state index in [2.05, 4.69) is 10.3 Å². The molecule has 1 heterocycles. The van der Waals surface area contributed by atoms with Gasteiger partial charge in [-0.05, 0) is 24.8 Å². The van der Waals surface area contributed by atoms with Crippen molar-refractivity contribution >= 4 is 5.91 Å². The maximum absolute atomic E-state index is 11.5. The molecule has 0 unspecified atom stereocenters. The van der Waals surface area contributed by atoms with E-state index in [0.29, 0.717) is 18.0 Å². The van der Waals surface area contributed by atoms with Crippen molar-refractivity contribution < 1.29 is 9.90 Å². The minimum atomic E-state index is -0.225. The highest BCUT2D eigenvalue weighted by Gasteiger charge is 2.22. The summed E-state index contributed by atoms with van der Waals surface area (Å²) < 4.78 is 0. The van der Waals surface area contributed by atoms with E-state index >= 15 is 0 Å². The Kier molecular flexibility index (Phi) is 2.35. The summed E-state index contributed by atoms with van der Waals surface area (Å²) in [6.07, 6.45) is 5.16. The van der Waals surface area contributed by atoms with Gasteiger partial charge >= 0.3 is 0 Å². The summed E-state index contributed by atoms with van der Waals surface area (Å²) in [5.74, 6) is 0.348. The van der Waals surface area contributed by atoms with Gasteiger partial charge in [0.05, 0.1) is 11.8 Å². The second-order valence-electron chi connectivity index (χ2n) is 3.55. The number of rotatable bonds is 3. The molecule has 1 aromatic heterocycles. The first-order valence-corrected chi connectivity index (χ1v) is 4.68. The predicted molar refractivity (Wildman–Crippen MR) is 51.0 cm³/mol. The fraction of sp³-hybridized carbons (Fsp3) is 0.400. The molecule has 0 aromatic carbocycles. The first-order valence-electron chi connectivity index (χ1n) is 4.68. The lowest BCUT2D eigenvalue weighted by Crippen LogP contribution is -2.25. The molecule has 1 saturated carbocycles. The Morgan fingerprint density at radius 1 is 1.64 bits per heavy atom. The van der Waals surface area contributed by atoms with Crippen molar-refractivity contribution in [3.05, 3.63) is 24.0 Å². The van der Waals surface area contributed by atoms with Crippen LogP contribution in [-0.2, 0) is 0 Å². The van der Waals surface area contributed by atoms with E-state index in [1.165, 1.54) is 31.3 Å². The normalized spacial score (nSPS) is 15.1. The van der Waals surface area contributed by atoms with Gasteiger partial charge in [0.25, 0.3) is 5.91 Å². The maximum Gasteiger partial charge on any atom is 0.255 e. The van der Waals surface area contributed by atoms with Gasteiger partial charge in [-0.15, -0.1) is 0 Å². The molecule has 1 aliphatic rings. The van der Waals surface area contributed by atoms with Crippen molar-refractivity contribution in [3.8, 4) is 5.75 Å². The third kappa shape index (κ3) is 2.02. The van der Waals surface area contributed by atoms with Gasteiger partial charge in [-0.1, -0.05) is 0 Å². The van der Waals surface area contributed by atoms with E-state index in [0.717, 1.165) is 0 Å². The second-order valence-corrected chi connectivity index (χ2v) is 3.55. The number of aromatic nitrogens is 1. The van der Waals surface area contributed by atoms with Crippen LogP contribution in [0.15, 0.2) is 18.5 Å². The van der Waals surface area contributed by atoms with Crippen molar-refractivity contribution in [2.75, 3.05) is 6.54 Å². The standard InChI is InChI=1S/C10H12N2O2/c13-9-6-11-4-3-8(9)10(14)12-5-7-1-2-7/h3-4,6-7,13H,1-2,5H2,(H,12,14). The molecule has 2 rings (SSSR count). The number of carbonyl (C=O) groups excluding carboxylic acids is 1. The Morgan fingerprint density at radius 3 is 3.07 bits per heavy atom. The lowest BCUT2D eigenvalue weighted by Gasteiger charge is -2.04. The van der Waals surface area contributed by atoms with E-state index in [1.54, 1.807) is 0 Å². The number of nitrogens with zero attached hydrogens (tertiary/aromatic N) is 1. The number of carbonyl (C=O) groups is 1. The SMILES string of the molecule is O=C(NCC1CC1)c1ccncc1O. The molecule has 1 aliphatic carbocycles. The van der Waals surface area contributed by atoms with Gasteiger partial charge in [0, 0.05) is 12.7 Å². The van der Waals surface area contributed by atoms with E-state index in [4.69, 9.17) is 0 Å². The van der Waals surface area contributed by atoms with Gasteiger partial charge in [0.2, 0.25) is 0 Å². The molecule has 0 radical (unpaired) electrons. The molecule has 4 nitrogen and oxygen atoms in total. The van der Waals surface area contributed by atoms with Crippen LogP contribution in [0, 0.1) is 5.92 Å². The van der Waals surface area contributed by atoms with Gasteiger partial charge in [0.1, 0.15) is 5.75 Å². The molecule has 4 heteroatoms. The van der Waals surface area contributed by atoms with E-state index in [9.17, 15) is 9.90 Å². The molecule has 0 saturated heterocycles. The zero-order valence-corrected chi connectivity index (χ0v) is 7.73. The molecule has 0 spiro atoms. The Labute approximate surface area is 82.0 Å². The van der Waals surface area contributed by atoms with Crippen molar-refractivity contribution in [3.63, 3.8) is 0 Å². The third-order valence-electron chi connectivity index (χ3n) is 2.29. The molecule has 0 bridgehead atoms. The van der Waals surface area contributed by atoms with Crippen LogP contribution in [0.2, 0.25) is 0 Å². The topological polar surface area (TPSA) is 62.2 Å². The number of pyridine rings is 1. The summed E-state index contributed by atoms with van der Waals surface area (Å²) in [7, 11) is 0. The van der Waals surface area contributed by atoms with Crippen molar-refractivity contribution in [1.82, 2.24) is 10.3 Å². The zero-order chi connectivity index (χ0) is 9.97. The van der Waals surface area contributed by atoms with Crippen LogP contribution >= 0.6 is 0 Å². The highest BCUT2D eigenvalue weighted by molar-refractivity contribution is 5.96. The second kappa shape index (κ2) is 3.65. The molecule has 0 atom stereocenters. The molecule has 1 fully saturated rings. The van der Waals surface area contributed by atoms with Crippen molar-refractivity contribution in [2.24, 2.45) is 5.92 Å². The highest BCUT2D eigenvalue weighted by atomic mass is 16.3. The summed E-state index contributed by atoms with van der Waals surface area (Å²) in [6, 6.07) is 1.51. The number of nitrogens with one attached hydrogen (secondary N) is 1. The largest absolute Gasteiger partial charge is 0.505 e. The maximum atomic E-state index is 11.5. The quantitative estimate of drug-likeness (QED) is 0.748. The van der Waals surface area contributed by atoms with Crippen molar-refractivity contribution in [1.29, 1.82) is 0 Å². The van der Waals surface area contributed by atoms with Gasteiger partial charge in [-0.25, -0.2) is 0 Å². The number of hydrogen-bond acceptors (Lipinski definition) is 3. The van der Waals surface area contributed by atoms with E-state index in [-0.39, 0.29) is 11.7 Å². The first kappa shape index (κ1) is 8.99. The van der Waals surface area contributed by atoms with Gasteiger partial charge < -0.3 is 10.4 Å². The molecule has 0 aliphatic heterocycles. The van der Waals surface area contributed by atoms with Crippen LogP contribution < -0.4 is 5.32 Å². The fourth-order valence-corrected chi connectivity index (χ4v) is 1.23. The van der Waals surface area contributed by atoms with Crippen LogP contribution in [0.1, 0.15) is 23.2 Å². The number of amides is 1. The Balaban J connectivity index is 1.98. The summed E-state index contributed by atoms with van der Waals surface area (Å²) >= 11 is 0. The molecule has 2 N–H and O–H groups in total. The van der Waals surface area contributed by atoms with Crippen molar-refractivity contribution in [2.45, 2.75) is 12.8 Å². The molecular weight excluding hydrogens is 180 g/mol. The molecule has 1 amide bonds. The van der Waals surface area contributed by atoms with Gasteiger partial charge in [-0.3, -0.25) is 9.78 Å². The summed E-state index contributed by atoms with van der Waals surface area (Å²) in [5, 5.41) is 12.1. The van der Waals surface area contributed by atoms with Crippen LogP contribution in [0.5, 0.6) is 5.75 Å². The van der Waals surface area contributed by atoms with Crippen LogP contribution in [0.25, 0.3) is 0 Å². The molecule has 1 aromatic rings. The zero-order valence-electron chi connectivity index (χ0n) is 7.73. The lowest BCUT2D eigenvalue weighted by atomic mass is 10.2. The third-order valence-corrected chi connectivity index (χ3v) is 2.29. The van der Waals surface area contributed by atoms with Gasteiger partial charge in [-0.2, -0.15) is 0 Å². The first-order chi connectivity index (χ1) is 6.77. The number of hydrogen-bond donors (Lipinski definition) is 2. The average molecular weight is 192 g/mol. The average Bonchev–Trinajstić information content (AvgIpc) is 2.98. The summed E-state index contributed by atoms with van der Waals surface area (Å²) in [6.45, 7) is 0.709. The van der Waals surface area contributed by atoms with Crippen LogP contribution in [0.3, 0.4) is 0 Å². The minimum absolute atomic E-state index is 0.0687. The fourth-order valence-electron chi connectivity index (χ4n) is 1.23. The molecule has 14 heavy (non-hydrogen) atoms. The van der Waals surface area contributed by atoms with E-state index in [1.807, 2.05) is 0 Å². The van der Waals surface area contributed by atoms with Crippen LogP contribution in [-0.4, -0.2) is 22.5 Å². The molecule has 74 valence electrons. The predicted octanol–water partition coefficient (Wildman–Crippen LogP) is 0.927. The minimum Gasteiger partial charge on any atom is -0.505 e. The Hall–Kier alpha value is -1.58. The Bertz CT molecular complexity index is 348. The highest BCUT2D eigenvalue weighted by Crippen LogP contribution is 2.27. The monoisotopic (exact) mass is 192 g/mol. The Morgan fingerprint density at radius 2 is 2.43 bits per heavy atom. The number of aromatic hydroxyl groups is 1. The summed E-state index contributed by atoms with van der Waals surface area (Å²) in [5.41, 5.74) is 0.292. The van der Waals surface area contributed by atoms with E-state index < -0.39 is 0 Å². The molecular formula is C10H12N2O2. The smallest absolute Gasteiger partial charge is 0.255 e. The van der Waals surface area contributed by atoms with Gasteiger partial charge in [0.15, 0.2) is 0 Å². The van der Waals surface area contributed by atoms with Crippen LogP contribution in [0.4, 0.5) is 0 Å². The summed E-state index contributed by atoms with van der Waals surface area (Å²) in [4.78, 5) is 15.2.